The Bertz CT molecular complexity index is 421. The minimum Gasteiger partial charge on any atom is -0.494 e. The van der Waals surface area contributed by atoms with Gasteiger partial charge in [0.2, 0.25) is 5.82 Å². The van der Waals surface area contributed by atoms with Gasteiger partial charge in [-0.2, -0.15) is 4.39 Å². The Morgan fingerprint density at radius 1 is 1.38 bits per heavy atom. The van der Waals surface area contributed by atoms with Crippen molar-refractivity contribution >= 4 is 0 Å². The smallest absolute Gasteiger partial charge is 0.200 e. The van der Waals surface area contributed by atoms with Gasteiger partial charge in [-0.1, -0.05) is 11.8 Å². The Morgan fingerprint density at radius 2 is 2.12 bits per heavy atom. The van der Waals surface area contributed by atoms with E-state index in [2.05, 4.69) is 17.2 Å². The first-order valence-electron chi connectivity index (χ1n) is 4.85. The van der Waals surface area contributed by atoms with Crippen LogP contribution in [0.5, 0.6) is 5.75 Å². The van der Waals surface area contributed by atoms with E-state index in [4.69, 9.17) is 4.74 Å². The zero-order valence-electron chi connectivity index (χ0n) is 9.23. The molecular weight excluding hydrogens is 212 g/mol. The van der Waals surface area contributed by atoms with Gasteiger partial charge in [-0.15, -0.1) is 0 Å². The predicted octanol–water partition coefficient (Wildman–Crippen LogP) is 1.93. The van der Waals surface area contributed by atoms with E-state index in [1.807, 2.05) is 7.05 Å². The van der Waals surface area contributed by atoms with Gasteiger partial charge in [0.1, 0.15) is 0 Å². The number of nitrogens with one attached hydrogen (secondary N) is 1. The van der Waals surface area contributed by atoms with Crippen LogP contribution in [0.4, 0.5) is 8.78 Å². The summed E-state index contributed by atoms with van der Waals surface area (Å²) in [6.07, 6.45) is 0.651. The standard InChI is InChI=1S/C12H13F2NO/c1-15-6-4-3-5-9-7-10(13)12(14)11(8-9)16-2/h7-8,15H,4,6H2,1-2H3. The second-order valence-electron chi connectivity index (χ2n) is 3.13. The highest BCUT2D eigenvalue weighted by molar-refractivity contribution is 5.41. The molecule has 0 spiro atoms. The number of halogens is 2. The fourth-order valence-corrected chi connectivity index (χ4v) is 1.14. The van der Waals surface area contributed by atoms with E-state index in [-0.39, 0.29) is 5.75 Å². The molecule has 0 saturated carbocycles. The molecule has 2 nitrogen and oxygen atoms in total. The minimum absolute atomic E-state index is 0.127. The van der Waals surface area contributed by atoms with Crippen LogP contribution in [0, 0.1) is 23.5 Å². The highest BCUT2D eigenvalue weighted by Crippen LogP contribution is 2.21. The van der Waals surface area contributed by atoms with Crippen molar-refractivity contribution in [3.05, 3.63) is 29.3 Å². The van der Waals surface area contributed by atoms with Crippen molar-refractivity contribution < 1.29 is 13.5 Å². The quantitative estimate of drug-likeness (QED) is 0.627. The lowest BCUT2D eigenvalue weighted by Gasteiger charge is -2.02. The first-order chi connectivity index (χ1) is 7.69. The molecule has 4 heteroatoms. The number of hydrogen-bond acceptors (Lipinski definition) is 2. The molecule has 1 aromatic carbocycles. The van der Waals surface area contributed by atoms with E-state index >= 15 is 0 Å². The number of ether oxygens (including phenoxy) is 1. The van der Waals surface area contributed by atoms with Crippen LogP contribution in [0.15, 0.2) is 12.1 Å². The molecule has 0 heterocycles. The molecule has 0 fully saturated rings. The first kappa shape index (κ1) is 12.5. The molecular formula is C12H13F2NO. The van der Waals surface area contributed by atoms with Crippen LogP contribution < -0.4 is 10.1 Å². The SMILES string of the molecule is CNCCC#Cc1cc(F)c(F)c(OC)c1. The summed E-state index contributed by atoms with van der Waals surface area (Å²) in [6, 6.07) is 2.44. The number of methoxy groups -OCH3 is 1. The lowest BCUT2D eigenvalue weighted by atomic mass is 10.2. The zero-order valence-corrected chi connectivity index (χ0v) is 9.23. The molecule has 0 aliphatic heterocycles. The third kappa shape index (κ3) is 3.21. The van der Waals surface area contributed by atoms with Crippen molar-refractivity contribution in [2.45, 2.75) is 6.42 Å². The molecule has 16 heavy (non-hydrogen) atoms. The van der Waals surface area contributed by atoms with Crippen molar-refractivity contribution in [3.63, 3.8) is 0 Å². The summed E-state index contributed by atoms with van der Waals surface area (Å²) in [6.45, 7) is 0.758. The van der Waals surface area contributed by atoms with E-state index in [1.54, 1.807) is 0 Å². The number of hydrogen-bond donors (Lipinski definition) is 1. The van der Waals surface area contributed by atoms with Crippen LogP contribution in [-0.2, 0) is 0 Å². The third-order valence-electron chi connectivity index (χ3n) is 1.95. The van der Waals surface area contributed by atoms with E-state index in [9.17, 15) is 8.78 Å². The van der Waals surface area contributed by atoms with Crippen LogP contribution >= 0.6 is 0 Å². The molecule has 0 aliphatic rings. The third-order valence-corrected chi connectivity index (χ3v) is 1.95. The average Bonchev–Trinajstić information content (AvgIpc) is 2.29. The summed E-state index contributed by atoms with van der Waals surface area (Å²) in [7, 11) is 3.11. The molecule has 1 aromatic rings. The van der Waals surface area contributed by atoms with E-state index in [0.29, 0.717) is 12.0 Å². The van der Waals surface area contributed by atoms with Crippen LogP contribution in [-0.4, -0.2) is 20.7 Å². The normalized spacial score (nSPS) is 9.50. The van der Waals surface area contributed by atoms with Crippen LogP contribution in [0.2, 0.25) is 0 Å². The molecule has 0 saturated heterocycles. The van der Waals surface area contributed by atoms with E-state index < -0.39 is 11.6 Å². The summed E-state index contributed by atoms with van der Waals surface area (Å²) >= 11 is 0. The average molecular weight is 225 g/mol. The van der Waals surface area contributed by atoms with Gasteiger partial charge in [0.15, 0.2) is 11.6 Å². The Kier molecular flexibility index (Phi) is 4.74. The molecule has 0 aliphatic carbocycles. The second kappa shape index (κ2) is 6.09. The molecule has 0 aromatic heterocycles. The van der Waals surface area contributed by atoms with Crippen molar-refractivity contribution in [1.82, 2.24) is 5.32 Å². The van der Waals surface area contributed by atoms with Gasteiger partial charge in [0.05, 0.1) is 7.11 Å². The summed E-state index contributed by atoms with van der Waals surface area (Å²) in [5.74, 6) is 3.53. The molecule has 0 unspecified atom stereocenters. The van der Waals surface area contributed by atoms with E-state index in [1.165, 1.54) is 13.2 Å². The predicted molar refractivity (Wildman–Crippen MR) is 58.3 cm³/mol. The molecule has 1 rings (SSSR count). The highest BCUT2D eigenvalue weighted by Gasteiger charge is 2.09. The van der Waals surface area contributed by atoms with Crippen molar-refractivity contribution in [3.8, 4) is 17.6 Å². The van der Waals surface area contributed by atoms with Gasteiger partial charge in [-0.25, -0.2) is 4.39 Å². The topological polar surface area (TPSA) is 21.3 Å². The highest BCUT2D eigenvalue weighted by atomic mass is 19.2. The molecule has 0 atom stereocenters. The minimum atomic E-state index is -0.983. The van der Waals surface area contributed by atoms with Gasteiger partial charge in [-0.05, 0) is 19.2 Å². The Balaban J connectivity index is 2.88. The summed E-state index contributed by atoms with van der Waals surface area (Å²) in [5.41, 5.74) is 0.409. The monoisotopic (exact) mass is 225 g/mol. The Morgan fingerprint density at radius 3 is 2.75 bits per heavy atom. The molecule has 0 radical (unpaired) electrons. The maximum Gasteiger partial charge on any atom is 0.200 e. The molecule has 1 N–H and O–H groups in total. The summed E-state index contributed by atoms with van der Waals surface area (Å²) < 4.78 is 30.8. The maximum absolute atomic E-state index is 13.1. The van der Waals surface area contributed by atoms with Crippen LogP contribution in [0.25, 0.3) is 0 Å². The largest absolute Gasteiger partial charge is 0.494 e. The van der Waals surface area contributed by atoms with Gasteiger partial charge in [0, 0.05) is 18.5 Å². The fourth-order valence-electron chi connectivity index (χ4n) is 1.14. The zero-order chi connectivity index (χ0) is 12.0. The van der Waals surface area contributed by atoms with Gasteiger partial charge in [-0.3, -0.25) is 0 Å². The molecule has 0 bridgehead atoms. The number of benzene rings is 1. The van der Waals surface area contributed by atoms with Crippen LogP contribution in [0.1, 0.15) is 12.0 Å². The van der Waals surface area contributed by atoms with Gasteiger partial charge >= 0.3 is 0 Å². The molecule has 86 valence electrons. The lowest BCUT2D eigenvalue weighted by molar-refractivity contribution is 0.371. The first-order valence-corrected chi connectivity index (χ1v) is 4.85. The summed E-state index contributed by atoms with van der Waals surface area (Å²) in [5, 5.41) is 2.94. The Labute approximate surface area is 93.6 Å². The fraction of sp³-hybridized carbons (Fsp3) is 0.333. The lowest BCUT2D eigenvalue weighted by Crippen LogP contribution is -2.05. The number of rotatable bonds is 3. The van der Waals surface area contributed by atoms with Gasteiger partial charge in [0.25, 0.3) is 0 Å². The van der Waals surface area contributed by atoms with Crippen molar-refractivity contribution in [1.29, 1.82) is 0 Å². The second-order valence-corrected chi connectivity index (χ2v) is 3.13. The van der Waals surface area contributed by atoms with Crippen LogP contribution in [0.3, 0.4) is 0 Å². The maximum atomic E-state index is 13.1. The summed E-state index contributed by atoms with van der Waals surface area (Å²) in [4.78, 5) is 0. The van der Waals surface area contributed by atoms with E-state index in [0.717, 1.165) is 12.6 Å². The van der Waals surface area contributed by atoms with Crippen molar-refractivity contribution in [2.24, 2.45) is 0 Å². The van der Waals surface area contributed by atoms with Crippen molar-refractivity contribution in [2.75, 3.05) is 20.7 Å². The van der Waals surface area contributed by atoms with Gasteiger partial charge < -0.3 is 10.1 Å². The molecule has 0 amide bonds. The Hall–Kier alpha value is -1.60.